The van der Waals surface area contributed by atoms with Crippen LogP contribution in [0.1, 0.15) is 52.4 Å². The summed E-state index contributed by atoms with van der Waals surface area (Å²) in [5.74, 6) is 0.470. The third kappa shape index (κ3) is 3.93. The molecule has 106 valence electrons. The minimum atomic E-state index is -3.17. The summed E-state index contributed by atoms with van der Waals surface area (Å²) in [4.78, 5) is 0. The highest BCUT2D eigenvalue weighted by atomic mass is 32.2. The Morgan fingerprint density at radius 2 is 1.83 bits per heavy atom. The minimum Gasteiger partial charge on any atom is -0.313 e. The first-order valence-electron chi connectivity index (χ1n) is 7.23. The molecule has 0 amide bonds. The molecule has 0 aromatic rings. The van der Waals surface area contributed by atoms with Crippen molar-refractivity contribution in [3.8, 4) is 0 Å². The number of hydrogen-bond donors (Lipinski definition) is 2. The van der Waals surface area contributed by atoms with Gasteiger partial charge in [-0.25, -0.2) is 13.1 Å². The van der Waals surface area contributed by atoms with Gasteiger partial charge in [-0.3, -0.25) is 0 Å². The Hall–Kier alpha value is -0.130. The summed E-state index contributed by atoms with van der Waals surface area (Å²) in [5.41, 5.74) is 0. The van der Waals surface area contributed by atoms with Gasteiger partial charge in [-0.15, -0.1) is 0 Å². The van der Waals surface area contributed by atoms with Gasteiger partial charge in [-0.05, 0) is 38.5 Å². The van der Waals surface area contributed by atoms with E-state index < -0.39 is 10.0 Å². The number of nitrogens with one attached hydrogen (secondary N) is 2. The average Bonchev–Trinajstić information content (AvgIpc) is 3.12. The average molecular weight is 274 g/mol. The first-order chi connectivity index (χ1) is 8.49. The van der Waals surface area contributed by atoms with E-state index in [4.69, 9.17) is 0 Å². The lowest BCUT2D eigenvalue weighted by Gasteiger charge is -2.30. The van der Waals surface area contributed by atoms with E-state index in [1.807, 2.05) is 0 Å². The van der Waals surface area contributed by atoms with Crippen molar-refractivity contribution in [3.05, 3.63) is 0 Å². The molecule has 18 heavy (non-hydrogen) atoms. The molecule has 5 heteroatoms. The zero-order valence-corrected chi connectivity index (χ0v) is 12.3. The van der Waals surface area contributed by atoms with E-state index >= 15 is 0 Å². The van der Waals surface area contributed by atoms with E-state index in [2.05, 4.69) is 17.0 Å². The van der Waals surface area contributed by atoms with Gasteiger partial charge in [0, 0.05) is 18.6 Å². The van der Waals surface area contributed by atoms with Crippen LogP contribution < -0.4 is 10.0 Å². The molecule has 3 atom stereocenters. The second kappa shape index (κ2) is 5.88. The van der Waals surface area contributed by atoms with E-state index in [0.29, 0.717) is 18.5 Å². The van der Waals surface area contributed by atoms with Crippen LogP contribution in [-0.4, -0.2) is 32.3 Å². The van der Waals surface area contributed by atoms with Gasteiger partial charge in [-0.1, -0.05) is 19.8 Å². The van der Waals surface area contributed by atoms with Crippen molar-refractivity contribution in [1.82, 2.24) is 10.0 Å². The second-order valence-electron chi connectivity index (χ2n) is 6.02. The number of rotatable bonds is 6. The fourth-order valence-electron chi connectivity index (χ4n) is 2.55. The van der Waals surface area contributed by atoms with E-state index in [-0.39, 0.29) is 11.3 Å². The summed E-state index contributed by atoms with van der Waals surface area (Å²) in [7, 11) is -3.17. The molecule has 2 aliphatic rings. The molecule has 0 aliphatic heterocycles. The largest absolute Gasteiger partial charge is 0.313 e. The summed E-state index contributed by atoms with van der Waals surface area (Å²) < 4.78 is 27.4. The molecule has 0 spiro atoms. The molecule has 0 aromatic heterocycles. The lowest BCUT2D eigenvalue weighted by atomic mass is 9.87. The van der Waals surface area contributed by atoms with Gasteiger partial charge in [0.25, 0.3) is 0 Å². The van der Waals surface area contributed by atoms with Gasteiger partial charge in [0.1, 0.15) is 0 Å². The minimum absolute atomic E-state index is 0.145. The predicted octanol–water partition coefficient (Wildman–Crippen LogP) is 1.62. The molecule has 0 bridgehead atoms. The summed E-state index contributed by atoms with van der Waals surface area (Å²) >= 11 is 0. The Kier molecular flexibility index (Phi) is 4.67. The predicted molar refractivity (Wildman–Crippen MR) is 74.0 cm³/mol. The molecular formula is C13H26N2O2S. The van der Waals surface area contributed by atoms with Crippen molar-refractivity contribution in [2.24, 2.45) is 5.92 Å². The summed E-state index contributed by atoms with van der Waals surface area (Å²) in [6.07, 6.45) is 6.90. The van der Waals surface area contributed by atoms with E-state index in [9.17, 15) is 8.42 Å². The Labute approximate surface area is 111 Å². The summed E-state index contributed by atoms with van der Waals surface area (Å²) in [5, 5.41) is 2.95. The van der Waals surface area contributed by atoms with Gasteiger partial charge in [-0.2, -0.15) is 0 Å². The van der Waals surface area contributed by atoms with Crippen LogP contribution in [0, 0.1) is 5.92 Å². The van der Waals surface area contributed by atoms with Crippen molar-refractivity contribution < 1.29 is 8.42 Å². The van der Waals surface area contributed by atoms with Crippen molar-refractivity contribution >= 4 is 10.0 Å². The van der Waals surface area contributed by atoms with Crippen molar-refractivity contribution in [2.75, 3.05) is 6.54 Å². The van der Waals surface area contributed by atoms with E-state index in [1.54, 1.807) is 6.92 Å². The first kappa shape index (κ1) is 14.3. The number of hydrogen-bond acceptors (Lipinski definition) is 3. The van der Waals surface area contributed by atoms with Crippen LogP contribution in [0.25, 0.3) is 0 Å². The first-order valence-corrected chi connectivity index (χ1v) is 8.78. The van der Waals surface area contributed by atoms with Gasteiger partial charge in [0.2, 0.25) is 10.0 Å². The lowest BCUT2D eigenvalue weighted by Crippen LogP contribution is -2.47. The van der Waals surface area contributed by atoms with Gasteiger partial charge < -0.3 is 5.32 Å². The molecule has 2 rings (SSSR count). The van der Waals surface area contributed by atoms with Crippen LogP contribution in [-0.2, 0) is 10.0 Å². The normalized spacial score (nSPS) is 31.2. The molecule has 2 fully saturated rings. The maximum Gasteiger partial charge on any atom is 0.215 e. The highest BCUT2D eigenvalue weighted by Gasteiger charge is 2.30. The standard InChI is InChI=1S/C13H26N2O2S/c1-10-5-3-4-6-13(10)15-18(16,17)11(2)9-14-12-7-8-12/h10-15H,3-9H2,1-2H3. The van der Waals surface area contributed by atoms with Gasteiger partial charge in [0.15, 0.2) is 0 Å². The number of sulfonamides is 1. The van der Waals surface area contributed by atoms with Crippen LogP contribution in [0.3, 0.4) is 0 Å². The molecule has 2 N–H and O–H groups in total. The third-order valence-corrected chi connectivity index (χ3v) is 6.09. The van der Waals surface area contributed by atoms with Crippen LogP contribution in [0.15, 0.2) is 0 Å². The van der Waals surface area contributed by atoms with Crippen LogP contribution in [0.2, 0.25) is 0 Å². The van der Waals surface area contributed by atoms with Crippen LogP contribution in [0.4, 0.5) is 0 Å². The molecule has 3 unspecified atom stereocenters. The van der Waals surface area contributed by atoms with E-state index in [1.165, 1.54) is 19.3 Å². The highest BCUT2D eigenvalue weighted by Crippen LogP contribution is 2.25. The van der Waals surface area contributed by atoms with Crippen molar-refractivity contribution in [1.29, 1.82) is 0 Å². The SMILES string of the molecule is CC1CCCCC1NS(=O)(=O)C(C)CNC1CC1. The monoisotopic (exact) mass is 274 g/mol. The Balaban J connectivity index is 1.84. The topological polar surface area (TPSA) is 58.2 Å². The highest BCUT2D eigenvalue weighted by molar-refractivity contribution is 7.90. The molecule has 2 saturated carbocycles. The molecule has 0 heterocycles. The Morgan fingerprint density at radius 1 is 1.17 bits per heavy atom. The summed E-state index contributed by atoms with van der Waals surface area (Å²) in [6.45, 7) is 4.52. The second-order valence-corrected chi connectivity index (χ2v) is 8.15. The molecule has 4 nitrogen and oxygen atoms in total. The Bertz CT molecular complexity index is 365. The molecule has 0 saturated heterocycles. The third-order valence-electron chi connectivity index (χ3n) is 4.23. The lowest BCUT2D eigenvalue weighted by molar-refractivity contribution is 0.309. The van der Waals surface area contributed by atoms with Gasteiger partial charge in [0.05, 0.1) is 5.25 Å². The van der Waals surface area contributed by atoms with Crippen LogP contribution >= 0.6 is 0 Å². The quantitative estimate of drug-likeness (QED) is 0.774. The zero-order chi connectivity index (χ0) is 13.2. The van der Waals surface area contributed by atoms with E-state index in [0.717, 1.165) is 19.3 Å². The fraction of sp³-hybridized carbons (Fsp3) is 1.00. The summed E-state index contributed by atoms with van der Waals surface area (Å²) in [6, 6.07) is 0.711. The Morgan fingerprint density at radius 3 is 2.44 bits per heavy atom. The van der Waals surface area contributed by atoms with Crippen molar-refractivity contribution in [3.63, 3.8) is 0 Å². The van der Waals surface area contributed by atoms with Gasteiger partial charge >= 0.3 is 0 Å². The van der Waals surface area contributed by atoms with Crippen LogP contribution in [0.5, 0.6) is 0 Å². The smallest absolute Gasteiger partial charge is 0.215 e. The zero-order valence-electron chi connectivity index (χ0n) is 11.5. The maximum atomic E-state index is 12.2. The molecular weight excluding hydrogens is 248 g/mol. The molecule has 2 aliphatic carbocycles. The van der Waals surface area contributed by atoms with Crippen molar-refractivity contribution in [2.45, 2.75) is 69.7 Å². The molecule has 0 aromatic carbocycles. The molecule has 0 radical (unpaired) electrons. The fourth-order valence-corrected chi connectivity index (χ4v) is 3.87. The maximum absolute atomic E-state index is 12.2.